The minimum absolute atomic E-state index is 0.0512. The normalized spacial score (nSPS) is 18.7. The van der Waals surface area contributed by atoms with Gasteiger partial charge in [-0.25, -0.2) is 0 Å². The summed E-state index contributed by atoms with van der Waals surface area (Å²) in [5, 5.41) is 0. The van der Waals surface area contributed by atoms with Crippen molar-refractivity contribution in [2.75, 3.05) is 37.6 Å². The highest BCUT2D eigenvalue weighted by atomic mass is 16.2. The van der Waals surface area contributed by atoms with Gasteiger partial charge in [0.2, 0.25) is 11.8 Å². The second-order valence-corrected chi connectivity index (χ2v) is 8.01. The summed E-state index contributed by atoms with van der Waals surface area (Å²) in [6, 6.07) is 17.8. The Bertz CT molecular complexity index is 859. The molecule has 2 saturated heterocycles. The van der Waals surface area contributed by atoms with Gasteiger partial charge in [-0.05, 0) is 43.0 Å². The predicted molar refractivity (Wildman–Crippen MR) is 115 cm³/mol. The lowest BCUT2D eigenvalue weighted by atomic mass is 9.99. The smallest absolute Gasteiger partial charge is 0.250 e. The Kier molecular flexibility index (Phi) is 5.84. The molecule has 0 saturated carbocycles. The second kappa shape index (κ2) is 8.68. The molecule has 2 aromatic rings. The van der Waals surface area contributed by atoms with Gasteiger partial charge >= 0.3 is 0 Å². The number of nitrogens with zero attached hydrogens (tertiary/aromatic N) is 3. The fourth-order valence-corrected chi connectivity index (χ4v) is 4.37. The van der Waals surface area contributed by atoms with Crippen molar-refractivity contribution < 1.29 is 9.59 Å². The zero-order chi connectivity index (χ0) is 20.2. The maximum atomic E-state index is 13.6. The average molecular weight is 392 g/mol. The third-order valence-corrected chi connectivity index (χ3v) is 5.98. The van der Waals surface area contributed by atoms with Gasteiger partial charge in [-0.2, -0.15) is 0 Å². The highest BCUT2D eigenvalue weighted by Crippen LogP contribution is 2.28. The number of hydrogen-bond donors (Lipinski definition) is 0. The lowest BCUT2D eigenvalue weighted by Crippen LogP contribution is -2.53. The summed E-state index contributed by atoms with van der Waals surface area (Å²) >= 11 is 0. The van der Waals surface area contributed by atoms with Crippen molar-refractivity contribution in [2.24, 2.45) is 0 Å². The van der Waals surface area contributed by atoms with Crippen LogP contribution in [0, 0.1) is 6.92 Å². The summed E-state index contributed by atoms with van der Waals surface area (Å²) in [5.74, 6) is 0.146. The molecule has 2 heterocycles. The molecule has 1 atom stereocenters. The van der Waals surface area contributed by atoms with Crippen molar-refractivity contribution in [3.8, 4) is 0 Å². The minimum atomic E-state index is -0.505. The van der Waals surface area contributed by atoms with Crippen LogP contribution in [0.2, 0.25) is 0 Å². The Morgan fingerprint density at radius 2 is 1.66 bits per heavy atom. The standard InChI is InChI=1S/C24H29N3O2/c1-19-8-7-11-21(18-19)25-14-16-26(17-15-25)24(29)23(20-9-3-2-4-10-20)27-13-6-5-12-22(27)28/h2-4,7-11,18,23H,5-6,12-17H2,1H3. The zero-order valence-electron chi connectivity index (χ0n) is 17.1. The number of amides is 2. The van der Waals surface area contributed by atoms with Gasteiger partial charge in [-0.3, -0.25) is 9.59 Å². The lowest BCUT2D eigenvalue weighted by Gasteiger charge is -2.41. The topological polar surface area (TPSA) is 43.9 Å². The molecule has 0 aliphatic carbocycles. The molecule has 0 spiro atoms. The number of piperidine rings is 1. The summed E-state index contributed by atoms with van der Waals surface area (Å²) in [6.45, 7) is 5.74. The molecule has 2 aromatic carbocycles. The number of hydrogen-bond acceptors (Lipinski definition) is 3. The van der Waals surface area contributed by atoms with Crippen LogP contribution in [0.15, 0.2) is 54.6 Å². The number of carbonyl (C=O) groups excluding carboxylic acids is 2. The first kappa shape index (κ1) is 19.5. The van der Waals surface area contributed by atoms with Crippen molar-refractivity contribution >= 4 is 17.5 Å². The third kappa shape index (κ3) is 4.29. The Labute approximate surface area is 172 Å². The number of carbonyl (C=O) groups is 2. The summed E-state index contributed by atoms with van der Waals surface area (Å²) < 4.78 is 0. The quantitative estimate of drug-likeness (QED) is 0.802. The molecule has 152 valence electrons. The van der Waals surface area contributed by atoms with Crippen LogP contribution in [-0.2, 0) is 9.59 Å². The van der Waals surface area contributed by atoms with Crippen molar-refractivity contribution in [3.05, 3.63) is 65.7 Å². The Morgan fingerprint density at radius 1 is 0.897 bits per heavy atom. The number of rotatable bonds is 4. The third-order valence-electron chi connectivity index (χ3n) is 5.98. The Hall–Kier alpha value is -2.82. The van der Waals surface area contributed by atoms with E-state index in [1.807, 2.05) is 35.2 Å². The molecule has 5 nitrogen and oxygen atoms in total. The van der Waals surface area contributed by atoms with Gasteiger partial charge in [0.15, 0.2) is 0 Å². The molecule has 4 rings (SSSR count). The maximum Gasteiger partial charge on any atom is 0.250 e. The fourth-order valence-electron chi connectivity index (χ4n) is 4.37. The lowest BCUT2D eigenvalue weighted by molar-refractivity contribution is -0.148. The van der Waals surface area contributed by atoms with Crippen LogP contribution in [0.1, 0.15) is 36.4 Å². The molecule has 0 bridgehead atoms. The molecular weight excluding hydrogens is 362 g/mol. The van der Waals surface area contributed by atoms with Crippen molar-refractivity contribution in [1.82, 2.24) is 9.80 Å². The molecule has 29 heavy (non-hydrogen) atoms. The van der Waals surface area contributed by atoms with Crippen LogP contribution in [0.25, 0.3) is 0 Å². The van der Waals surface area contributed by atoms with E-state index in [9.17, 15) is 9.59 Å². The number of likely N-dealkylation sites (tertiary alicyclic amines) is 1. The van der Waals surface area contributed by atoms with Gasteiger partial charge in [0.25, 0.3) is 0 Å². The Morgan fingerprint density at radius 3 is 2.34 bits per heavy atom. The molecule has 2 fully saturated rings. The maximum absolute atomic E-state index is 13.6. The number of benzene rings is 2. The molecule has 0 N–H and O–H groups in total. The first-order chi connectivity index (χ1) is 14.1. The van der Waals surface area contributed by atoms with E-state index in [1.165, 1.54) is 11.3 Å². The molecule has 2 amide bonds. The van der Waals surface area contributed by atoms with Crippen LogP contribution < -0.4 is 4.90 Å². The first-order valence-corrected chi connectivity index (χ1v) is 10.6. The second-order valence-electron chi connectivity index (χ2n) is 8.01. The molecule has 5 heteroatoms. The SMILES string of the molecule is Cc1cccc(N2CCN(C(=O)C(c3ccccc3)N3CCCCC3=O)CC2)c1. The monoisotopic (exact) mass is 391 g/mol. The van der Waals surface area contributed by atoms with E-state index in [0.29, 0.717) is 26.1 Å². The average Bonchev–Trinajstić information content (AvgIpc) is 2.76. The van der Waals surface area contributed by atoms with Crippen molar-refractivity contribution in [1.29, 1.82) is 0 Å². The van der Waals surface area contributed by atoms with Crippen LogP contribution in [-0.4, -0.2) is 54.3 Å². The van der Waals surface area contributed by atoms with Gasteiger partial charge in [0.05, 0.1) is 0 Å². The largest absolute Gasteiger partial charge is 0.368 e. The van der Waals surface area contributed by atoms with Crippen LogP contribution in [0.5, 0.6) is 0 Å². The van der Waals surface area contributed by atoms with E-state index in [1.54, 1.807) is 4.90 Å². The zero-order valence-corrected chi connectivity index (χ0v) is 17.1. The van der Waals surface area contributed by atoms with Gasteiger partial charge in [0.1, 0.15) is 6.04 Å². The van der Waals surface area contributed by atoms with E-state index in [-0.39, 0.29) is 11.8 Å². The highest BCUT2D eigenvalue weighted by Gasteiger charge is 2.36. The summed E-state index contributed by atoms with van der Waals surface area (Å²) in [7, 11) is 0. The van der Waals surface area contributed by atoms with E-state index < -0.39 is 6.04 Å². The van der Waals surface area contributed by atoms with Gasteiger partial charge < -0.3 is 14.7 Å². The van der Waals surface area contributed by atoms with Crippen molar-refractivity contribution in [3.63, 3.8) is 0 Å². The van der Waals surface area contributed by atoms with Crippen LogP contribution in [0.4, 0.5) is 5.69 Å². The molecule has 1 unspecified atom stereocenters. The molecule has 0 radical (unpaired) electrons. The van der Waals surface area contributed by atoms with E-state index in [4.69, 9.17) is 0 Å². The molecular formula is C24H29N3O2. The minimum Gasteiger partial charge on any atom is -0.368 e. The van der Waals surface area contributed by atoms with E-state index in [0.717, 1.165) is 31.5 Å². The van der Waals surface area contributed by atoms with E-state index in [2.05, 4.69) is 36.1 Å². The van der Waals surface area contributed by atoms with Crippen LogP contribution in [0.3, 0.4) is 0 Å². The van der Waals surface area contributed by atoms with E-state index >= 15 is 0 Å². The summed E-state index contributed by atoms with van der Waals surface area (Å²) in [4.78, 5) is 32.2. The first-order valence-electron chi connectivity index (χ1n) is 10.6. The summed E-state index contributed by atoms with van der Waals surface area (Å²) in [5.41, 5.74) is 3.37. The number of anilines is 1. The molecule has 2 aliphatic rings. The fraction of sp³-hybridized carbons (Fsp3) is 0.417. The van der Waals surface area contributed by atoms with Crippen molar-refractivity contribution in [2.45, 2.75) is 32.2 Å². The number of aryl methyl sites for hydroxylation is 1. The summed E-state index contributed by atoms with van der Waals surface area (Å²) in [6.07, 6.45) is 2.42. The van der Waals surface area contributed by atoms with Gasteiger partial charge in [-0.1, -0.05) is 42.5 Å². The Balaban J connectivity index is 1.50. The highest BCUT2D eigenvalue weighted by molar-refractivity contribution is 5.89. The number of piperazine rings is 1. The molecule has 0 aromatic heterocycles. The molecule has 2 aliphatic heterocycles. The van der Waals surface area contributed by atoms with Gasteiger partial charge in [-0.15, -0.1) is 0 Å². The van der Waals surface area contributed by atoms with Crippen LogP contribution >= 0.6 is 0 Å². The van der Waals surface area contributed by atoms with Gasteiger partial charge in [0, 0.05) is 44.8 Å². The predicted octanol–water partition coefficient (Wildman–Crippen LogP) is 3.40.